The molecule has 0 bridgehead atoms. The number of hydrogen-bond acceptors (Lipinski definition) is 3. The molecule has 0 heterocycles. The van der Waals surface area contributed by atoms with Crippen molar-refractivity contribution in [3.8, 4) is 0 Å². The normalized spacial score (nSPS) is 13.3. The van der Waals surface area contributed by atoms with E-state index in [4.69, 9.17) is 5.11 Å². The smallest absolute Gasteiger partial charge is 0.0431 e. The van der Waals surface area contributed by atoms with Crippen LogP contribution in [0.4, 0.5) is 5.69 Å². The van der Waals surface area contributed by atoms with Gasteiger partial charge in [0.1, 0.15) is 0 Å². The lowest BCUT2D eigenvalue weighted by Crippen LogP contribution is -2.31. The number of aliphatic hydroxyl groups excluding tert-OH is 1. The minimum Gasteiger partial charge on any atom is -0.396 e. The van der Waals surface area contributed by atoms with Crippen molar-refractivity contribution in [1.29, 1.82) is 0 Å². The summed E-state index contributed by atoms with van der Waals surface area (Å²) in [5, 5.41) is 12.5. The van der Waals surface area contributed by atoms with E-state index in [-0.39, 0.29) is 12.0 Å². The number of benzene rings is 1. The largest absolute Gasteiger partial charge is 0.396 e. The van der Waals surface area contributed by atoms with Crippen LogP contribution in [0.25, 0.3) is 0 Å². The van der Waals surface area contributed by atoms with Crippen molar-refractivity contribution in [3.05, 3.63) is 29.8 Å². The maximum absolute atomic E-state index is 8.93. The van der Waals surface area contributed by atoms with E-state index in [1.54, 1.807) is 0 Å². The van der Waals surface area contributed by atoms with Crippen molar-refractivity contribution in [2.45, 2.75) is 39.7 Å². The summed E-state index contributed by atoms with van der Waals surface area (Å²) < 4.78 is 0. The van der Waals surface area contributed by atoms with E-state index in [1.165, 1.54) is 11.3 Å². The minimum atomic E-state index is 0.223. The van der Waals surface area contributed by atoms with Gasteiger partial charge < -0.3 is 15.3 Å². The number of hydrogen-bond donors (Lipinski definition) is 2. The van der Waals surface area contributed by atoms with Gasteiger partial charge in [0.05, 0.1) is 0 Å². The summed E-state index contributed by atoms with van der Waals surface area (Å²) in [4.78, 5) is 2.11. The van der Waals surface area contributed by atoms with Crippen molar-refractivity contribution < 1.29 is 5.11 Å². The molecule has 0 saturated heterocycles. The van der Waals surface area contributed by atoms with Crippen LogP contribution in [0.1, 0.15) is 45.2 Å². The Morgan fingerprint density at radius 2 is 1.80 bits per heavy atom. The summed E-state index contributed by atoms with van der Waals surface area (Å²) >= 11 is 0. The molecule has 0 aromatic heterocycles. The van der Waals surface area contributed by atoms with Crippen molar-refractivity contribution in [1.82, 2.24) is 5.32 Å². The van der Waals surface area contributed by atoms with Crippen molar-refractivity contribution in [2.24, 2.45) is 5.41 Å². The van der Waals surface area contributed by atoms with E-state index in [2.05, 4.69) is 69.3 Å². The fourth-order valence-electron chi connectivity index (χ4n) is 2.25. The number of aliphatic hydroxyl groups is 1. The Bertz CT molecular complexity index is 384. The molecule has 0 amide bonds. The van der Waals surface area contributed by atoms with Crippen LogP contribution in [0.2, 0.25) is 0 Å². The second kappa shape index (κ2) is 7.65. The average molecular weight is 278 g/mol. The first-order chi connectivity index (χ1) is 9.35. The molecule has 3 heteroatoms. The molecule has 1 aromatic rings. The summed E-state index contributed by atoms with van der Waals surface area (Å²) in [5.74, 6) is 0. The Hall–Kier alpha value is -1.06. The molecule has 0 saturated carbocycles. The molecule has 1 atom stereocenters. The molecule has 1 rings (SSSR count). The lowest BCUT2D eigenvalue weighted by molar-refractivity contribution is 0.233. The van der Waals surface area contributed by atoms with E-state index >= 15 is 0 Å². The fourth-order valence-corrected chi connectivity index (χ4v) is 2.25. The van der Waals surface area contributed by atoms with Crippen LogP contribution >= 0.6 is 0 Å². The molecule has 20 heavy (non-hydrogen) atoms. The van der Waals surface area contributed by atoms with Crippen LogP contribution in [0, 0.1) is 5.41 Å². The molecule has 2 N–H and O–H groups in total. The minimum absolute atomic E-state index is 0.223. The summed E-state index contributed by atoms with van der Waals surface area (Å²) in [7, 11) is 4.11. The van der Waals surface area contributed by atoms with Gasteiger partial charge in [0, 0.05) is 39.0 Å². The maximum Gasteiger partial charge on any atom is 0.0431 e. The van der Waals surface area contributed by atoms with E-state index in [1.807, 2.05) is 0 Å². The predicted octanol–water partition coefficient (Wildman–Crippen LogP) is 3.20. The monoisotopic (exact) mass is 278 g/mol. The van der Waals surface area contributed by atoms with Gasteiger partial charge in [-0.3, -0.25) is 0 Å². The standard InChI is InChI=1S/C17H30N2O/c1-14(18-13-17(2,3)11-6-12-20)15-7-9-16(10-8-15)19(4)5/h7-10,14,18,20H,6,11-13H2,1-5H3. The van der Waals surface area contributed by atoms with Gasteiger partial charge in [-0.15, -0.1) is 0 Å². The van der Waals surface area contributed by atoms with Crippen molar-refractivity contribution in [2.75, 3.05) is 32.1 Å². The second-order valence-electron chi connectivity index (χ2n) is 6.58. The number of nitrogens with zero attached hydrogens (tertiary/aromatic N) is 1. The second-order valence-corrected chi connectivity index (χ2v) is 6.58. The number of anilines is 1. The van der Waals surface area contributed by atoms with Gasteiger partial charge in [-0.2, -0.15) is 0 Å². The van der Waals surface area contributed by atoms with Crippen molar-refractivity contribution in [3.63, 3.8) is 0 Å². The molecule has 0 aliphatic heterocycles. The first-order valence-corrected chi connectivity index (χ1v) is 7.47. The molecule has 1 unspecified atom stereocenters. The Kier molecular flexibility index (Phi) is 6.50. The molecule has 0 aliphatic rings. The molecule has 0 radical (unpaired) electrons. The lowest BCUT2D eigenvalue weighted by atomic mass is 9.87. The molecule has 0 fully saturated rings. The van der Waals surface area contributed by atoms with Gasteiger partial charge >= 0.3 is 0 Å². The van der Waals surface area contributed by atoms with Gasteiger partial charge in [0.2, 0.25) is 0 Å². The Labute approximate surface area is 124 Å². The Balaban J connectivity index is 2.51. The average Bonchev–Trinajstić information content (AvgIpc) is 2.43. The Morgan fingerprint density at radius 3 is 2.30 bits per heavy atom. The van der Waals surface area contributed by atoms with Gasteiger partial charge in [0.25, 0.3) is 0 Å². The highest BCUT2D eigenvalue weighted by atomic mass is 16.2. The Morgan fingerprint density at radius 1 is 1.20 bits per heavy atom. The van der Waals surface area contributed by atoms with E-state index in [0.29, 0.717) is 6.04 Å². The van der Waals surface area contributed by atoms with Crippen LogP contribution in [-0.2, 0) is 0 Å². The van der Waals surface area contributed by atoms with Gasteiger partial charge in [0.15, 0.2) is 0 Å². The van der Waals surface area contributed by atoms with Gasteiger partial charge in [-0.25, -0.2) is 0 Å². The number of rotatable bonds is 8. The highest BCUT2D eigenvalue weighted by Gasteiger charge is 2.18. The SMILES string of the molecule is CC(NCC(C)(C)CCCO)c1ccc(N(C)C)cc1. The molecular weight excluding hydrogens is 248 g/mol. The first-order valence-electron chi connectivity index (χ1n) is 7.47. The van der Waals surface area contributed by atoms with E-state index in [9.17, 15) is 0 Å². The zero-order valence-corrected chi connectivity index (χ0v) is 13.6. The molecule has 114 valence electrons. The highest BCUT2D eigenvalue weighted by molar-refractivity contribution is 5.46. The predicted molar refractivity (Wildman–Crippen MR) is 87.3 cm³/mol. The summed E-state index contributed by atoms with van der Waals surface area (Å²) in [6, 6.07) is 9.04. The summed E-state index contributed by atoms with van der Waals surface area (Å²) in [6.45, 7) is 7.94. The van der Waals surface area contributed by atoms with Gasteiger partial charge in [-0.1, -0.05) is 26.0 Å². The number of nitrogens with one attached hydrogen (secondary N) is 1. The fraction of sp³-hybridized carbons (Fsp3) is 0.647. The molecule has 0 spiro atoms. The lowest BCUT2D eigenvalue weighted by Gasteiger charge is -2.27. The molecule has 1 aromatic carbocycles. The zero-order chi connectivity index (χ0) is 15.2. The van der Waals surface area contributed by atoms with E-state index in [0.717, 1.165) is 19.4 Å². The quantitative estimate of drug-likeness (QED) is 0.766. The topological polar surface area (TPSA) is 35.5 Å². The maximum atomic E-state index is 8.93. The molecule has 0 aliphatic carbocycles. The van der Waals surface area contributed by atoms with Crippen LogP contribution in [0.15, 0.2) is 24.3 Å². The molecule has 3 nitrogen and oxygen atoms in total. The summed E-state index contributed by atoms with van der Waals surface area (Å²) in [5.41, 5.74) is 2.76. The van der Waals surface area contributed by atoms with Crippen LogP contribution in [0.5, 0.6) is 0 Å². The van der Waals surface area contributed by atoms with Crippen LogP contribution < -0.4 is 10.2 Å². The summed E-state index contributed by atoms with van der Waals surface area (Å²) in [6.07, 6.45) is 1.92. The third kappa shape index (κ3) is 5.51. The third-order valence-corrected chi connectivity index (χ3v) is 3.81. The molecular formula is C17H30N2O. The third-order valence-electron chi connectivity index (χ3n) is 3.81. The zero-order valence-electron chi connectivity index (χ0n) is 13.6. The first kappa shape index (κ1) is 17.0. The highest BCUT2D eigenvalue weighted by Crippen LogP contribution is 2.23. The van der Waals surface area contributed by atoms with Gasteiger partial charge in [-0.05, 0) is 42.9 Å². The van der Waals surface area contributed by atoms with E-state index < -0.39 is 0 Å². The van der Waals surface area contributed by atoms with Crippen LogP contribution in [0.3, 0.4) is 0 Å². The van der Waals surface area contributed by atoms with Crippen molar-refractivity contribution >= 4 is 5.69 Å². The van der Waals surface area contributed by atoms with Crippen LogP contribution in [-0.4, -0.2) is 32.4 Å².